The molecule has 0 saturated heterocycles. The first-order chi connectivity index (χ1) is 8.92. The van der Waals surface area contributed by atoms with E-state index < -0.39 is 17.4 Å². The summed E-state index contributed by atoms with van der Waals surface area (Å²) in [4.78, 5) is 0. The molecular formula is C11H28O6Si2. The highest BCUT2D eigenvalue weighted by Gasteiger charge is 2.33. The maximum Gasteiger partial charge on any atom is 0.528 e. The van der Waals surface area contributed by atoms with Gasteiger partial charge < -0.3 is 27.2 Å². The van der Waals surface area contributed by atoms with Crippen molar-refractivity contribution in [3.63, 3.8) is 0 Å². The average molecular weight is 313 g/mol. The Morgan fingerprint density at radius 3 is 1.53 bits per heavy atom. The fourth-order valence-corrected chi connectivity index (χ4v) is 3.56. The van der Waals surface area contributed by atoms with Crippen molar-refractivity contribution in [3.8, 4) is 0 Å². The molecule has 19 heavy (non-hydrogen) atoms. The van der Waals surface area contributed by atoms with Gasteiger partial charge in [0.2, 0.25) is 0 Å². The molecule has 0 unspecified atom stereocenters. The van der Waals surface area contributed by atoms with Gasteiger partial charge in [0.25, 0.3) is 0 Å². The van der Waals surface area contributed by atoms with Crippen molar-refractivity contribution in [2.45, 2.75) is 19.0 Å². The number of aliphatic hydroxyl groups is 1. The zero-order valence-electron chi connectivity index (χ0n) is 12.9. The Kier molecular flexibility index (Phi) is 13.1. The smallest absolute Gasteiger partial charge is 0.398 e. The van der Waals surface area contributed by atoms with Gasteiger partial charge in [-0.15, -0.1) is 0 Å². The Morgan fingerprint density at radius 2 is 1.37 bits per heavy atom. The van der Waals surface area contributed by atoms with Crippen molar-refractivity contribution in [2.75, 3.05) is 42.2 Å². The molecule has 0 heterocycles. The van der Waals surface area contributed by atoms with E-state index in [-0.39, 0.29) is 6.61 Å². The highest BCUT2D eigenvalue weighted by molar-refractivity contribution is 6.66. The zero-order chi connectivity index (χ0) is 15.4. The van der Waals surface area contributed by atoms with E-state index in [0.717, 1.165) is 12.5 Å². The highest BCUT2D eigenvalue weighted by atomic mass is 28.4. The lowest BCUT2D eigenvalue weighted by molar-refractivity contribution is 0.138. The molecule has 0 radical (unpaired) electrons. The molecule has 0 aromatic heterocycles. The van der Waals surface area contributed by atoms with Gasteiger partial charge in [0.1, 0.15) is 0 Å². The van der Waals surface area contributed by atoms with Crippen LogP contribution in [0.3, 0.4) is 0 Å². The summed E-state index contributed by atoms with van der Waals surface area (Å²) in [6.07, 6.45) is 0.768. The third kappa shape index (κ3) is 8.66. The molecule has 0 amide bonds. The maximum atomic E-state index is 8.53. The Bertz CT molecular complexity index is 211. The number of hydrogen-bond donors (Lipinski definition) is 1. The van der Waals surface area contributed by atoms with Crippen molar-refractivity contribution >= 4 is 17.4 Å². The van der Waals surface area contributed by atoms with Crippen LogP contribution < -0.4 is 0 Å². The fraction of sp³-hybridized carbons (Fsp3) is 0.818. The minimum atomic E-state index is -2.43. The summed E-state index contributed by atoms with van der Waals surface area (Å²) in [7, 11) is 3.64. The molecule has 1 N–H and O–H groups in total. The lowest BCUT2D eigenvalue weighted by Gasteiger charge is -2.21. The van der Waals surface area contributed by atoms with Gasteiger partial charge in [-0.2, -0.15) is 0 Å². The standard InChI is InChI=1S/C6H16O3Si.C5H12O3Si/c1-8-10(3,9-2)6-4-5-7;1-5-9(6-2,7-3)8-4/h7H,4-6H2,1-3H3;5H,1H2,2-4H3. The van der Waals surface area contributed by atoms with Crippen molar-refractivity contribution in [2.24, 2.45) is 0 Å². The molecule has 0 aromatic carbocycles. The van der Waals surface area contributed by atoms with Gasteiger partial charge in [-0.1, -0.05) is 6.58 Å². The molecule has 0 aliphatic heterocycles. The molecule has 0 aliphatic carbocycles. The van der Waals surface area contributed by atoms with E-state index in [2.05, 4.69) is 6.58 Å². The SMILES string of the molecule is C=C[Si](OC)(OC)OC.CO[Si](C)(CCCO)OC. The quantitative estimate of drug-likeness (QED) is 0.648. The molecule has 116 valence electrons. The van der Waals surface area contributed by atoms with Gasteiger partial charge >= 0.3 is 17.4 Å². The summed E-state index contributed by atoms with van der Waals surface area (Å²) in [5, 5.41) is 8.53. The van der Waals surface area contributed by atoms with E-state index in [4.69, 9.17) is 27.2 Å². The molecule has 0 fully saturated rings. The van der Waals surface area contributed by atoms with E-state index in [1.165, 1.54) is 0 Å². The van der Waals surface area contributed by atoms with Crippen LogP contribution in [0.15, 0.2) is 12.3 Å². The Morgan fingerprint density at radius 1 is 0.947 bits per heavy atom. The van der Waals surface area contributed by atoms with Gasteiger partial charge in [0, 0.05) is 42.2 Å². The molecule has 0 atom stereocenters. The summed E-state index contributed by atoms with van der Waals surface area (Å²) < 4.78 is 25.3. The Labute approximate surface area is 118 Å². The van der Waals surface area contributed by atoms with Gasteiger partial charge in [-0.25, -0.2) is 0 Å². The molecular weight excluding hydrogens is 284 g/mol. The summed E-state index contributed by atoms with van der Waals surface area (Å²) >= 11 is 0. The fourth-order valence-electron chi connectivity index (χ4n) is 1.19. The lowest BCUT2D eigenvalue weighted by atomic mass is 10.5. The Balaban J connectivity index is 0. The minimum absolute atomic E-state index is 0.218. The van der Waals surface area contributed by atoms with Gasteiger partial charge in [-0.3, -0.25) is 0 Å². The van der Waals surface area contributed by atoms with Crippen molar-refractivity contribution < 1.29 is 27.2 Å². The van der Waals surface area contributed by atoms with Crippen LogP contribution in [0.2, 0.25) is 12.6 Å². The third-order valence-corrected chi connectivity index (χ3v) is 7.95. The van der Waals surface area contributed by atoms with Crippen LogP contribution in [0.5, 0.6) is 0 Å². The topological polar surface area (TPSA) is 66.4 Å². The summed E-state index contributed by atoms with van der Waals surface area (Å²) in [6, 6.07) is 0.858. The monoisotopic (exact) mass is 312 g/mol. The molecule has 0 aromatic rings. The van der Waals surface area contributed by atoms with Crippen molar-refractivity contribution in [1.82, 2.24) is 0 Å². The average Bonchev–Trinajstić information content (AvgIpc) is 2.48. The van der Waals surface area contributed by atoms with E-state index in [9.17, 15) is 0 Å². The first kappa shape index (κ1) is 21.2. The lowest BCUT2D eigenvalue weighted by Crippen LogP contribution is -2.40. The van der Waals surface area contributed by atoms with Gasteiger partial charge in [-0.05, 0) is 24.7 Å². The second-order valence-corrected chi connectivity index (χ2v) is 10.2. The van der Waals surface area contributed by atoms with E-state index in [0.29, 0.717) is 0 Å². The van der Waals surface area contributed by atoms with Crippen LogP contribution in [0.4, 0.5) is 0 Å². The second kappa shape index (κ2) is 11.7. The zero-order valence-corrected chi connectivity index (χ0v) is 14.9. The van der Waals surface area contributed by atoms with Gasteiger partial charge in [0.05, 0.1) is 0 Å². The molecule has 0 aliphatic rings. The van der Waals surface area contributed by atoms with Crippen LogP contribution in [-0.4, -0.2) is 64.6 Å². The van der Waals surface area contributed by atoms with Gasteiger partial charge in [0.15, 0.2) is 0 Å². The number of rotatable bonds is 9. The molecule has 0 bridgehead atoms. The second-order valence-electron chi connectivity index (χ2n) is 3.79. The summed E-state index contributed by atoms with van der Waals surface area (Å²) in [5.41, 5.74) is 1.58. The maximum absolute atomic E-state index is 8.53. The summed E-state index contributed by atoms with van der Waals surface area (Å²) in [5.74, 6) is 0. The van der Waals surface area contributed by atoms with Crippen LogP contribution in [0.25, 0.3) is 0 Å². The van der Waals surface area contributed by atoms with Crippen LogP contribution in [0, 0.1) is 0 Å². The van der Waals surface area contributed by atoms with Crippen LogP contribution in [-0.2, 0) is 22.1 Å². The number of hydrogen-bond acceptors (Lipinski definition) is 6. The van der Waals surface area contributed by atoms with E-state index >= 15 is 0 Å². The minimum Gasteiger partial charge on any atom is -0.398 e. The number of aliphatic hydroxyl groups excluding tert-OH is 1. The van der Waals surface area contributed by atoms with E-state index in [1.807, 2.05) is 6.55 Å². The van der Waals surface area contributed by atoms with E-state index in [1.54, 1.807) is 41.2 Å². The predicted octanol–water partition coefficient (Wildman–Crippen LogP) is 1.32. The predicted molar refractivity (Wildman–Crippen MR) is 79.1 cm³/mol. The normalized spacial score (nSPS) is 11.7. The third-order valence-electron chi connectivity index (χ3n) is 2.76. The largest absolute Gasteiger partial charge is 0.528 e. The Hall–Kier alpha value is -0.0662. The molecule has 0 spiro atoms. The highest BCUT2D eigenvalue weighted by Crippen LogP contribution is 2.12. The van der Waals surface area contributed by atoms with Crippen molar-refractivity contribution in [3.05, 3.63) is 12.3 Å². The van der Waals surface area contributed by atoms with Crippen LogP contribution >= 0.6 is 0 Å². The van der Waals surface area contributed by atoms with Crippen molar-refractivity contribution in [1.29, 1.82) is 0 Å². The first-order valence-electron chi connectivity index (χ1n) is 5.93. The summed E-state index contributed by atoms with van der Waals surface area (Å²) in [6.45, 7) is 5.74. The first-order valence-corrected chi connectivity index (χ1v) is 10.3. The van der Waals surface area contributed by atoms with Crippen LogP contribution in [0.1, 0.15) is 6.42 Å². The molecule has 8 heteroatoms. The molecule has 0 rings (SSSR count). The molecule has 6 nitrogen and oxygen atoms in total. The molecule has 0 saturated carbocycles.